The van der Waals surface area contributed by atoms with Crippen LogP contribution in [-0.4, -0.2) is 31.1 Å². The molecule has 1 aromatic carbocycles. The fourth-order valence-corrected chi connectivity index (χ4v) is 2.70. The first-order chi connectivity index (χ1) is 10.8. The van der Waals surface area contributed by atoms with Crippen molar-refractivity contribution in [3.63, 3.8) is 0 Å². The Kier molecular flexibility index (Phi) is 5.07. The third kappa shape index (κ3) is 4.33. The Balaban J connectivity index is 2.18. The number of hydrogen-bond donors (Lipinski definition) is 2. The number of nitrogens with one attached hydrogen (secondary N) is 2. The molecule has 0 radical (unpaired) electrons. The smallest absolute Gasteiger partial charge is 0.243 e. The summed E-state index contributed by atoms with van der Waals surface area (Å²) in [7, 11) is -2.05. The summed E-state index contributed by atoms with van der Waals surface area (Å²) in [6.45, 7) is 5.59. The van der Waals surface area contributed by atoms with Crippen LogP contribution in [0.15, 0.2) is 40.3 Å². The van der Waals surface area contributed by atoms with Crippen molar-refractivity contribution in [2.24, 2.45) is 5.10 Å². The van der Waals surface area contributed by atoms with Crippen LogP contribution in [0.2, 0.25) is 0 Å². The Morgan fingerprint density at radius 3 is 2.17 bits per heavy atom. The minimum absolute atomic E-state index is 0.210. The summed E-state index contributed by atoms with van der Waals surface area (Å²) in [6.07, 6.45) is 0. The number of hydrazone groups is 1. The van der Waals surface area contributed by atoms with Crippen molar-refractivity contribution >= 4 is 21.7 Å². The predicted octanol–water partition coefficient (Wildman–Crippen LogP) is 1.84. The van der Waals surface area contributed by atoms with Gasteiger partial charge in [0.1, 0.15) is 0 Å². The molecule has 1 aromatic heterocycles. The predicted molar refractivity (Wildman–Crippen MR) is 90.0 cm³/mol. The number of aryl methyl sites for hydroxylation is 2. The van der Waals surface area contributed by atoms with E-state index in [2.05, 4.69) is 25.2 Å². The van der Waals surface area contributed by atoms with E-state index in [-0.39, 0.29) is 4.90 Å². The number of hydrogen-bond acceptors (Lipinski definition) is 6. The van der Waals surface area contributed by atoms with Gasteiger partial charge in [0, 0.05) is 11.4 Å². The van der Waals surface area contributed by atoms with Gasteiger partial charge in [-0.3, -0.25) is 0 Å². The maximum atomic E-state index is 11.7. The average molecular weight is 333 g/mol. The number of sulfonamides is 1. The molecule has 1 heterocycles. The van der Waals surface area contributed by atoms with E-state index in [1.807, 2.05) is 26.8 Å². The molecular formula is C15H19N5O2S. The Labute approximate surface area is 135 Å². The molecule has 0 unspecified atom stereocenters. The van der Waals surface area contributed by atoms with Gasteiger partial charge in [-0.25, -0.2) is 28.5 Å². The van der Waals surface area contributed by atoms with Crippen molar-refractivity contribution in [1.82, 2.24) is 14.7 Å². The quantitative estimate of drug-likeness (QED) is 0.643. The molecule has 0 aliphatic rings. The van der Waals surface area contributed by atoms with E-state index < -0.39 is 10.0 Å². The monoisotopic (exact) mass is 333 g/mol. The summed E-state index contributed by atoms with van der Waals surface area (Å²) in [5.41, 5.74) is 6.03. The van der Waals surface area contributed by atoms with Crippen LogP contribution in [0.5, 0.6) is 0 Å². The van der Waals surface area contributed by atoms with E-state index in [4.69, 9.17) is 0 Å². The normalized spacial score (nSPS) is 12.3. The summed E-state index contributed by atoms with van der Waals surface area (Å²) in [5, 5.41) is 4.24. The lowest BCUT2D eigenvalue weighted by Crippen LogP contribution is -2.18. The van der Waals surface area contributed by atoms with E-state index in [9.17, 15) is 8.42 Å². The lowest BCUT2D eigenvalue weighted by atomic mass is 10.1. The van der Waals surface area contributed by atoms with Crippen molar-refractivity contribution in [2.75, 3.05) is 12.5 Å². The molecule has 0 saturated carbocycles. The molecule has 2 N–H and O–H groups in total. The van der Waals surface area contributed by atoms with Gasteiger partial charge in [-0.15, -0.1) is 0 Å². The van der Waals surface area contributed by atoms with Gasteiger partial charge in [-0.05, 0) is 51.6 Å². The van der Waals surface area contributed by atoms with E-state index in [1.165, 1.54) is 19.2 Å². The van der Waals surface area contributed by atoms with Crippen molar-refractivity contribution in [1.29, 1.82) is 0 Å². The molecule has 0 saturated heterocycles. The Morgan fingerprint density at radius 2 is 1.65 bits per heavy atom. The SMILES string of the molecule is CNS(=O)(=O)c1ccc(/C(C)=N\Nc2nc(C)cc(C)n2)cc1. The molecule has 0 aliphatic heterocycles. The topological polar surface area (TPSA) is 96.3 Å². The van der Waals surface area contributed by atoms with Crippen LogP contribution in [0.1, 0.15) is 23.9 Å². The number of aromatic nitrogens is 2. The van der Waals surface area contributed by atoms with E-state index in [1.54, 1.807) is 12.1 Å². The van der Waals surface area contributed by atoms with E-state index in [0.29, 0.717) is 11.7 Å². The van der Waals surface area contributed by atoms with Crippen molar-refractivity contribution in [3.8, 4) is 0 Å². The van der Waals surface area contributed by atoms with Crippen LogP contribution < -0.4 is 10.1 Å². The zero-order valence-corrected chi connectivity index (χ0v) is 14.3. The maximum Gasteiger partial charge on any atom is 0.243 e. The second-order valence-corrected chi connectivity index (χ2v) is 6.90. The zero-order valence-electron chi connectivity index (χ0n) is 13.5. The second-order valence-electron chi connectivity index (χ2n) is 5.02. The molecule has 0 spiro atoms. The van der Waals surface area contributed by atoms with E-state index in [0.717, 1.165) is 17.0 Å². The zero-order chi connectivity index (χ0) is 17.0. The third-order valence-corrected chi connectivity index (χ3v) is 4.59. The second kappa shape index (κ2) is 6.84. The van der Waals surface area contributed by atoms with Gasteiger partial charge in [-0.1, -0.05) is 12.1 Å². The highest BCUT2D eigenvalue weighted by Crippen LogP contribution is 2.11. The summed E-state index contributed by atoms with van der Waals surface area (Å²) in [6, 6.07) is 8.35. The first-order valence-electron chi connectivity index (χ1n) is 6.98. The first kappa shape index (κ1) is 17.0. The van der Waals surface area contributed by atoms with E-state index >= 15 is 0 Å². The standard InChI is InChI=1S/C15H19N5O2S/c1-10-9-11(2)18-15(17-10)20-19-12(3)13-5-7-14(8-6-13)23(21,22)16-4/h5-9,16H,1-4H3,(H,17,18,20)/b19-12-. The van der Waals surface area contributed by atoms with Gasteiger partial charge in [-0.2, -0.15) is 5.10 Å². The van der Waals surface area contributed by atoms with Crippen LogP contribution in [-0.2, 0) is 10.0 Å². The third-order valence-electron chi connectivity index (χ3n) is 3.16. The molecule has 2 aromatic rings. The number of rotatable bonds is 5. The Hall–Kier alpha value is -2.32. The molecule has 0 atom stereocenters. The summed E-state index contributed by atoms with van der Waals surface area (Å²) < 4.78 is 25.6. The highest BCUT2D eigenvalue weighted by atomic mass is 32.2. The fraction of sp³-hybridized carbons (Fsp3) is 0.267. The summed E-state index contributed by atoms with van der Waals surface area (Å²) in [5.74, 6) is 0.427. The van der Waals surface area contributed by atoms with Gasteiger partial charge >= 0.3 is 0 Å². The highest BCUT2D eigenvalue weighted by molar-refractivity contribution is 7.89. The lowest BCUT2D eigenvalue weighted by Gasteiger charge is -2.06. The summed E-state index contributed by atoms with van der Waals surface area (Å²) in [4.78, 5) is 8.69. The van der Waals surface area contributed by atoms with Crippen LogP contribution in [0.4, 0.5) is 5.95 Å². The first-order valence-corrected chi connectivity index (χ1v) is 8.47. The Bertz CT molecular complexity index is 809. The average Bonchev–Trinajstić information content (AvgIpc) is 2.52. The lowest BCUT2D eigenvalue weighted by molar-refractivity contribution is 0.588. The van der Waals surface area contributed by atoms with Crippen LogP contribution in [0.25, 0.3) is 0 Å². The fourth-order valence-electron chi connectivity index (χ4n) is 1.97. The molecule has 2 rings (SSSR count). The Morgan fingerprint density at radius 1 is 1.09 bits per heavy atom. The minimum atomic E-state index is -3.43. The van der Waals surface area contributed by atoms with Crippen molar-refractivity contribution in [2.45, 2.75) is 25.7 Å². The minimum Gasteiger partial charge on any atom is -0.245 e. The van der Waals surface area contributed by atoms with Crippen LogP contribution in [0, 0.1) is 13.8 Å². The number of benzene rings is 1. The van der Waals surface area contributed by atoms with Crippen molar-refractivity contribution < 1.29 is 8.42 Å². The highest BCUT2D eigenvalue weighted by Gasteiger charge is 2.10. The number of anilines is 1. The van der Waals surface area contributed by atoms with Gasteiger partial charge in [0.2, 0.25) is 16.0 Å². The molecule has 7 nitrogen and oxygen atoms in total. The maximum absolute atomic E-state index is 11.7. The largest absolute Gasteiger partial charge is 0.245 e. The van der Waals surface area contributed by atoms with Crippen LogP contribution in [0.3, 0.4) is 0 Å². The molecule has 0 aliphatic carbocycles. The van der Waals surface area contributed by atoms with Crippen molar-refractivity contribution in [3.05, 3.63) is 47.3 Å². The van der Waals surface area contributed by atoms with Gasteiger partial charge in [0.15, 0.2) is 0 Å². The molecule has 0 fully saturated rings. The molecular weight excluding hydrogens is 314 g/mol. The van der Waals surface area contributed by atoms with Crippen LogP contribution >= 0.6 is 0 Å². The summed E-state index contributed by atoms with van der Waals surface area (Å²) >= 11 is 0. The molecule has 23 heavy (non-hydrogen) atoms. The van der Waals surface area contributed by atoms with Gasteiger partial charge < -0.3 is 0 Å². The molecule has 0 amide bonds. The molecule has 8 heteroatoms. The van der Waals surface area contributed by atoms with Gasteiger partial charge in [0.25, 0.3) is 0 Å². The molecule has 122 valence electrons. The number of nitrogens with zero attached hydrogens (tertiary/aromatic N) is 3. The molecule has 0 bridgehead atoms. The van der Waals surface area contributed by atoms with Gasteiger partial charge in [0.05, 0.1) is 10.6 Å².